The molecule has 5 N–H and O–H groups in total. The van der Waals surface area contributed by atoms with Crippen molar-refractivity contribution in [2.24, 2.45) is 0 Å². The first kappa shape index (κ1) is 43.8. The minimum atomic E-state index is -0.594. The molecular weight excluding hydrogens is 703 g/mol. The van der Waals surface area contributed by atoms with Crippen molar-refractivity contribution >= 4 is 52.6 Å². The predicted molar refractivity (Wildman–Crippen MR) is 223 cm³/mol. The molecule has 0 bridgehead atoms. The Morgan fingerprint density at radius 2 is 1.13 bits per heavy atom. The van der Waals surface area contributed by atoms with Gasteiger partial charge in [-0.3, -0.25) is 9.59 Å². The van der Waals surface area contributed by atoms with Gasteiger partial charge in [0.1, 0.15) is 11.4 Å². The third kappa shape index (κ3) is 13.3. The SMILES string of the molecule is CCCOc1cc(C(=O)Cc2cc(C(C)(C)C)cc(N)c2SCCC)cc(C(=O)Cc2cc(C(C)(C)C)cc(N)c2SCCNC(=O)OC(C)(C)C)c1. The molecule has 0 saturated carbocycles. The summed E-state index contributed by atoms with van der Waals surface area (Å²) in [5.74, 6) is 1.63. The van der Waals surface area contributed by atoms with Crippen LogP contribution in [0.4, 0.5) is 16.2 Å². The zero-order chi connectivity index (χ0) is 39.7. The molecule has 0 radical (unpaired) electrons. The van der Waals surface area contributed by atoms with E-state index in [1.165, 1.54) is 11.8 Å². The number of ketones is 2. The van der Waals surface area contributed by atoms with Crippen LogP contribution in [-0.4, -0.2) is 47.9 Å². The van der Waals surface area contributed by atoms with Crippen molar-refractivity contribution in [2.45, 2.75) is 128 Å². The van der Waals surface area contributed by atoms with Crippen LogP contribution in [0, 0.1) is 0 Å². The quantitative estimate of drug-likeness (QED) is 0.0564. The van der Waals surface area contributed by atoms with E-state index in [-0.39, 0.29) is 35.2 Å². The zero-order valence-corrected chi connectivity index (χ0v) is 35.3. The van der Waals surface area contributed by atoms with Gasteiger partial charge < -0.3 is 26.3 Å². The van der Waals surface area contributed by atoms with E-state index in [9.17, 15) is 14.4 Å². The Morgan fingerprint density at radius 1 is 0.660 bits per heavy atom. The van der Waals surface area contributed by atoms with E-state index in [0.29, 0.717) is 47.2 Å². The first-order valence-corrected chi connectivity index (χ1v) is 20.5. The Labute approximate surface area is 326 Å². The molecular formula is C43H61N3O5S2. The summed E-state index contributed by atoms with van der Waals surface area (Å²) in [6.07, 6.45) is 1.49. The highest BCUT2D eigenvalue weighted by molar-refractivity contribution is 7.99. The van der Waals surface area contributed by atoms with Crippen molar-refractivity contribution in [3.63, 3.8) is 0 Å². The third-order valence-corrected chi connectivity index (χ3v) is 10.9. The Kier molecular flexibility index (Phi) is 15.4. The molecule has 0 heterocycles. The second-order valence-electron chi connectivity index (χ2n) is 16.5. The first-order valence-electron chi connectivity index (χ1n) is 18.5. The van der Waals surface area contributed by atoms with Gasteiger partial charge in [-0.15, -0.1) is 23.5 Å². The fraction of sp³-hybridized carbons (Fsp3) is 0.512. The number of benzene rings is 3. The van der Waals surface area contributed by atoms with Crippen LogP contribution in [0.5, 0.6) is 5.75 Å². The number of anilines is 2. The first-order chi connectivity index (χ1) is 24.6. The molecule has 0 aliphatic rings. The standard InChI is InChI=1S/C43H61N3O5S2/c1-12-15-50-33-21-27(36(47)23-29-19-31(41(3,4)5)25-34(44)38(29)52-16-13-2)18-28(22-33)37(48)24-30-20-32(42(6,7)8)26-35(45)39(30)53-17-14-46-40(49)51-43(9,10)11/h18-22,25-26H,12-17,23-24,44-45H2,1-11H3,(H,46,49). The Balaban J connectivity index is 1.99. The number of nitrogen functional groups attached to an aromatic ring is 2. The van der Waals surface area contributed by atoms with Crippen molar-refractivity contribution in [1.82, 2.24) is 5.32 Å². The number of carbonyl (C=O) groups is 3. The molecule has 0 atom stereocenters. The van der Waals surface area contributed by atoms with Crippen LogP contribution >= 0.6 is 23.5 Å². The van der Waals surface area contributed by atoms with Gasteiger partial charge in [-0.25, -0.2) is 4.79 Å². The number of hydrogen-bond donors (Lipinski definition) is 3. The average Bonchev–Trinajstić information content (AvgIpc) is 3.04. The van der Waals surface area contributed by atoms with Gasteiger partial charge in [0.2, 0.25) is 0 Å². The largest absolute Gasteiger partial charge is 0.494 e. The number of alkyl carbamates (subject to hydrolysis) is 1. The van der Waals surface area contributed by atoms with Crippen LogP contribution in [0.25, 0.3) is 0 Å². The van der Waals surface area contributed by atoms with Gasteiger partial charge in [-0.1, -0.05) is 67.5 Å². The van der Waals surface area contributed by atoms with Crippen LogP contribution in [0.2, 0.25) is 0 Å². The number of Topliss-reactive ketones (excluding diaryl/α,β-unsaturated/α-hetero) is 2. The summed E-state index contributed by atoms with van der Waals surface area (Å²) < 4.78 is 11.4. The van der Waals surface area contributed by atoms with Crippen molar-refractivity contribution in [2.75, 3.05) is 36.1 Å². The molecule has 8 nitrogen and oxygen atoms in total. The molecule has 3 aromatic rings. The van der Waals surface area contributed by atoms with Crippen molar-refractivity contribution in [3.8, 4) is 5.75 Å². The number of hydrogen-bond acceptors (Lipinski definition) is 9. The number of thioether (sulfide) groups is 2. The normalized spacial score (nSPS) is 12.1. The molecule has 3 aromatic carbocycles. The van der Waals surface area contributed by atoms with E-state index >= 15 is 0 Å². The number of amides is 1. The van der Waals surface area contributed by atoms with E-state index in [0.717, 1.165) is 50.6 Å². The van der Waals surface area contributed by atoms with E-state index in [2.05, 4.69) is 59.8 Å². The molecule has 290 valence electrons. The second kappa shape index (κ2) is 18.6. The lowest BCUT2D eigenvalue weighted by molar-refractivity contribution is 0.0531. The van der Waals surface area contributed by atoms with Gasteiger partial charge >= 0.3 is 6.09 Å². The summed E-state index contributed by atoms with van der Waals surface area (Å²) in [6, 6.07) is 13.3. The van der Waals surface area contributed by atoms with E-state index in [4.69, 9.17) is 20.9 Å². The smallest absolute Gasteiger partial charge is 0.407 e. The summed E-state index contributed by atoms with van der Waals surface area (Å²) in [6.45, 7) is 23.1. The van der Waals surface area contributed by atoms with Crippen molar-refractivity contribution in [3.05, 3.63) is 75.8 Å². The molecule has 10 heteroatoms. The monoisotopic (exact) mass is 763 g/mol. The molecule has 1 amide bonds. The molecule has 53 heavy (non-hydrogen) atoms. The average molecular weight is 764 g/mol. The number of carbonyl (C=O) groups excluding carboxylic acids is 3. The van der Waals surface area contributed by atoms with E-state index < -0.39 is 11.7 Å². The number of rotatable bonds is 16. The number of nitrogens with one attached hydrogen (secondary N) is 1. The highest BCUT2D eigenvalue weighted by atomic mass is 32.2. The molecule has 0 saturated heterocycles. The molecule has 0 aromatic heterocycles. The second-order valence-corrected chi connectivity index (χ2v) is 18.7. The van der Waals surface area contributed by atoms with E-state index in [1.54, 1.807) is 30.0 Å². The van der Waals surface area contributed by atoms with E-state index in [1.807, 2.05) is 45.9 Å². The highest BCUT2D eigenvalue weighted by Crippen LogP contribution is 2.37. The van der Waals surface area contributed by atoms with Crippen LogP contribution in [0.15, 0.2) is 52.3 Å². The van der Waals surface area contributed by atoms with Crippen LogP contribution < -0.4 is 21.5 Å². The molecule has 0 fully saturated rings. The third-order valence-electron chi connectivity index (χ3n) is 8.31. The van der Waals surface area contributed by atoms with Gasteiger partial charge in [0.25, 0.3) is 0 Å². The van der Waals surface area contributed by atoms with Gasteiger partial charge in [0.15, 0.2) is 11.6 Å². The van der Waals surface area contributed by atoms with Crippen LogP contribution in [-0.2, 0) is 28.4 Å². The minimum absolute atomic E-state index is 0.0722. The van der Waals surface area contributed by atoms with Crippen LogP contribution in [0.3, 0.4) is 0 Å². The fourth-order valence-electron chi connectivity index (χ4n) is 5.51. The zero-order valence-electron chi connectivity index (χ0n) is 33.7. The predicted octanol–water partition coefficient (Wildman–Crippen LogP) is 10.2. The number of nitrogens with two attached hydrogens (primary N) is 2. The summed E-state index contributed by atoms with van der Waals surface area (Å²) in [4.78, 5) is 42.3. The summed E-state index contributed by atoms with van der Waals surface area (Å²) in [7, 11) is 0. The van der Waals surface area contributed by atoms with Crippen LogP contribution in [0.1, 0.15) is 132 Å². The molecule has 3 rings (SSSR count). The Hall–Kier alpha value is -3.63. The summed E-state index contributed by atoms with van der Waals surface area (Å²) in [5.41, 5.74) is 18.1. The Morgan fingerprint density at radius 3 is 1.55 bits per heavy atom. The molecule has 0 spiro atoms. The maximum Gasteiger partial charge on any atom is 0.407 e. The molecule has 0 aliphatic carbocycles. The van der Waals surface area contributed by atoms with Gasteiger partial charge in [0.05, 0.1) is 6.61 Å². The van der Waals surface area contributed by atoms with Gasteiger partial charge in [-0.05, 0) is 103 Å². The van der Waals surface area contributed by atoms with Crippen molar-refractivity contribution in [1.29, 1.82) is 0 Å². The van der Waals surface area contributed by atoms with Crippen molar-refractivity contribution < 1.29 is 23.9 Å². The number of ether oxygens (including phenoxy) is 2. The van der Waals surface area contributed by atoms with Gasteiger partial charge in [-0.2, -0.15) is 0 Å². The fourth-order valence-corrected chi connectivity index (χ4v) is 7.41. The maximum atomic E-state index is 14.2. The maximum absolute atomic E-state index is 14.2. The summed E-state index contributed by atoms with van der Waals surface area (Å²) in [5, 5.41) is 2.79. The minimum Gasteiger partial charge on any atom is -0.494 e. The Bertz CT molecular complexity index is 1770. The lowest BCUT2D eigenvalue weighted by Crippen LogP contribution is -2.33. The molecule has 0 aliphatic heterocycles. The highest BCUT2D eigenvalue weighted by Gasteiger charge is 2.24. The lowest BCUT2D eigenvalue weighted by atomic mass is 9.84. The van der Waals surface area contributed by atoms with Gasteiger partial charge in [0, 0.05) is 57.4 Å². The topological polar surface area (TPSA) is 134 Å². The summed E-state index contributed by atoms with van der Waals surface area (Å²) >= 11 is 3.16. The lowest BCUT2D eigenvalue weighted by Gasteiger charge is -2.23. The molecule has 0 unspecified atom stereocenters.